The standard InChI is InChI=1S/C28H36N6O3/c1-6-28(4,5)34-26(30-31-32-34)25(23-15-20-14-18(2)13-19(3)24(20)29-27(23)35)33(16-21-9-7-11-36-21)17-22-10-8-12-37-22/h7,9,11,13-15,22,25H,6,8,10,12,16-17H2,1-5H3,(H,29,35)/t22-,25-/m0/s1. The summed E-state index contributed by atoms with van der Waals surface area (Å²) in [7, 11) is 0. The fraction of sp³-hybridized carbons (Fsp3) is 0.500. The highest BCUT2D eigenvalue weighted by Crippen LogP contribution is 2.33. The van der Waals surface area contributed by atoms with Gasteiger partial charge in [0.1, 0.15) is 11.8 Å². The maximum absolute atomic E-state index is 13.8. The summed E-state index contributed by atoms with van der Waals surface area (Å²) < 4.78 is 13.7. The lowest BCUT2D eigenvalue weighted by atomic mass is 9.98. The van der Waals surface area contributed by atoms with Crippen molar-refractivity contribution in [3.05, 3.63) is 75.2 Å². The molecule has 2 atom stereocenters. The highest BCUT2D eigenvalue weighted by atomic mass is 16.5. The first-order chi connectivity index (χ1) is 17.8. The molecule has 0 bridgehead atoms. The number of rotatable bonds is 9. The lowest BCUT2D eigenvalue weighted by Crippen LogP contribution is -2.41. The average molecular weight is 505 g/mol. The predicted octanol–water partition coefficient (Wildman–Crippen LogP) is 4.64. The van der Waals surface area contributed by atoms with Gasteiger partial charge in [-0.05, 0) is 92.6 Å². The third kappa shape index (κ3) is 5.10. The van der Waals surface area contributed by atoms with Crippen LogP contribution in [0.25, 0.3) is 10.9 Å². The minimum Gasteiger partial charge on any atom is -0.468 e. The topological polar surface area (TPSA) is 102 Å². The van der Waals surface area contributed by atoms with Crippen LogP contribution in [0.5, 0.6) is 0 Å². The van der Waals surface area contributed by atoms with Gasteiger partial charge in [0.25, 0.3) is 5.56 Å². The average Bonchev–Trinajstić information content (AvgIpc) is 3.64. The van der Waals surface area contributed by atoms with E-state index in [-0.39, 0.29) is 17.2 Å². The first-order valence-corrected chi connectivity index (χ1v) is 13.1. The van der Waals surface area contributed by atoms with Gasteiger partial charge in [-0.3, -0.25) is 9.69 Å². The van der Waals surface area contributed by atoms with Crippen molar-refractivity contribution < 1.29 is 9.15 Å². The van der Waals surface area contributed by atoms with Gasteiger partial charge in [0.2, 0.25) is 0 Å². The Hall–Kier alpha value is -3.30. The van der Waals surface area contributed by atoms with Crippen molar-refractivity contribution in [2.45, 2.75) is 78.1 Å². The Labute approximate surface area is 216 Å². The monoisotopic (exact) mass is 504 g/mol. The molecule has 9 heteroatoms. The quantitative estimate of drug-likeness (QED) is 0.354. The number of aryl methyl sites for hydroxylation is 2. The maximum Gasteiger partial charge on any atom is 0.253 e. The van der Waals surface area contributed by atoms with Crippen LogP contribution in [0.4, 0.5) is 0 Å². The molecule has 0 aliphatic carbocycles. The minimum atomic E-state index is -0.510. The smallest absolute Gasteiger partial charge is 0.253 e. The van der Waals surface area contributed by atoms with E-state index in [2.05, 4.69) is 65.2 Å². The van der Waals surface area contributed by atoms with Gasteiger partial charge in [0.15, 0.2) is 5.82 Å². The molecular formula is C28H36N6O3. The number of tetrazole rings is 1. The summed E-state index contributed by atoms with van der Waals surface area (Å²) in [5, 5.41) is 14.0. The van der Waals surface area contributed by atoms with Gasteiger partial charge in [-0.15, -0.1) is 5.10 Å². The molecule has 0 unspecified atom stereocenters. The van der Waals surface area contributed by atoms with Gasteiger partial charge in [0.05, 0.1) is 30.0 Å². The fourth-order valence-electron chi connectivity index (χ4n) is 5.27. The molecule has 9 nitrogen and oxygen atoms in total. The van der Waals surface area contributed by atoms with Crippen molar-refractivity contribution in [2.75, 3.05) is 13.2 Å². The number of fused-ring (bicyclic) bond motifs is 1. The van der Waals surface area contributed by atoms with E-state index in [0.29, 0.717) is 24.5 Å². The van der Waals surface area contributed by atoms with Gasteiger partial charge >= 0.3 is 0 Å². The number of aromatic amines is 1. The predicted molar refractivity (Wildman–Crippen MR) is 141 cm³/mol. The van der Waals surface area contributed by atoms with Crippen molar-refractivity contribution in [3.63, 3.8) is 0 Å². The molecular weight excluding hydrogens is 468 g/mol. The van der Waals surface area contributed by atoms with E-state index in [9.17, 15) is 4.79 Å². The molecule has 196 valence electrons. The van der Waals surface area contributed by atoms with Crippen molar-refractivity contribution in [3.8, 4) is 0 Å². The van der Waals surface area contributed by atoms with E-state index in [0.717, 1.165) is 53.7 Å². The first-order valence-electron chi connectivity index (χ1n) is 13.1. The Balaban J connectivity index is 1.72. The number of benzene rings is 1. The highest BCUT2D eigenvalue weighted by Gasteiger charge is 2.36. The van der Waals surface area contributed by atoms with E-state index >= 15 is 0 Å². The van der Waals surface area contributed by atoms with Crippen LogP contribution in [-0.2, 0) is 16.8 Å². The van der Waals surface area contributed by atoms with Crippen LogP contribution < -0.4 is 5.56 Å². The lowest BCUT2D eigenvalue weighted by Gasteiger charge is -2.34. The van der Waals surface area contributed by atoms with Crippen LogP contribution in [0.2, 0.25) is 0 Å². The van der Waals surface area contributed by atoms with Gasteiger partial charge in [-0.2, -0.15) is 0 Å². The molecule has 5 rings (SSSR count). The van der Waals surface area contributed by atoms with Crippen LogP contribution in [0.3, 0.4) is 0 Å². The summed E-state index contributed by atoms with van der Waals surface area (Å²) in [5.74, 6) is 1.44. The van der Waals surface area contributed by atoms with Crippen LogP contribution in [0.1, 0.15) is 74.4 Å². The van der Waals surface area contributed by atoms with E-state index in [1.54, 1.807) is 6.26 Å². The molecule has 1 aliphatic heterocycles. The Morgan fingerprint density at radius 2 is 2.11 bits per heavy atom. The summed E-state index contributed by atoms with van der Waals surface area (Å²) >= 11 is 0. The number of H-pyrrole nitrogens is 1. The third-order valence-electron chi connectivity index (χ3n) is 7.56. The van der Waals surface area contributed by atoms with Crippen molar-refractivity contribution in [1.29, 1.82) is 0 Å². The summed E-state index contributed by atoms with van der Waals surface area (Å²) in [4.78, 5) is 19.2. The van der Waals surface area contributed by atoms with Gasteiger partial charge in [0, 0.05) is 18.7 Å². The van der Waals surface area contributed by atoms with Crippen LogP contribution in [0, 0.1) is 13.8 Å². The van der Waals surface area contributed by atoms with E-state index < -0.39 is 6.04 Å². The SMILES string of the molecule is CCC(C)(C)n1nnnc1[C@H](c1cc2cc(C)cc(C)c2[nH]c1=O)N(Cc1ccco1)C[C@@H]1CCCO1. The molecule has 4 heterocycles. The second kappa shape index (κ2) is 10.2. The molecule has 4 aromatic rings. The fourth-order valence-corrected chi connectivity index (χ4v) is 5.27. The lowest BCUT2D eigenvalue weighted by molar-refractivity contribution is 0.0534. The molecule has 1 aromatic carbocycles. The number of nitrogens with one attached hydrogen (secondary N) is 1. The maximum atomic E-state index is 13.8. The van der Waals surface area contributed by atoms with E-state index in [1.165, 1.54) is 0 Å². The second-order valence-corrected chi connectivity index (χ2v) is 10.8. The number of ether oxygens (including phenoxy) is 1. The molecule has 3 aromatic heterocycles. The third-order valence-corrected chi connectivity index (χ3v) is 7.56. The number of aromatic nitrogens is 5. The van der Waals surface area contributed by atoms with Gasteiger partial charge in [-0.25, -0.2) is 4.68 Å². The number of hydrogen-bond donors (Lipinski definition) is 1. The highest BCUT2D eigenvalue weighted by molar-refractivity contribution is 5.83. The zero-order valence-electron chi connectivity index (χ0n) is 22.3. The number of pyridine rings is 1. The molecule has 0 radical (unpaired) electrons. The zero-order valence-corrected chi connectivity index (χ0v) is 22.3. The molecule has 1 aliphatic rings. The Kier molecular flexibility index (Phi) is 7.00. The summed E-state index contributed by atoms with van der Waals surface area (Å²) in [6.07, 6.45) is 4.56. The van der Waals surface area contributed by atoms with Crippen molar-refractivity contribution >= 4 is 10.9 Å². The van der Waals surface area contributed by atoms with Crippen LogP contribution in [-0.4, -0.2) is 49.3 Å². The molecule has 1 fully saturated rings. The first kappa shape index (κ1) is 25.4. The molecule has 0 saturated carbocycles. The second-order valence-electron chi connectivity index (χ2n) is 10.8. The molecule has 37 heavy (non-hydrogen) atoms. The minimum absolute atomic E-state index is 0.0602. The molecule has 1 N–H and O–H groups in total. The van der Waals surface area contributed by atoms with E-state index in [4.69, 9.17) is 9.15 Å². The zero-order chi connectivity index (χ0) is 26.2. The summed E-state index contributed by atoms with van der Waals surface area (Å²) in [6.45, 7) is 12.3. The number of nitrogens with zero attached hydrogens (tertiary/aromatic N) is 5. The van der Waals surface area contributed by atoms with Crippen LogP contribution >= 0.6 is 0 Å². The Morgan fingerprint density at radius 1 is 1.27 bits per heavy atom. The molecule has 0 amide bonds. The summed E-state index contributed by atoms with van der Waals surface area (Å²) in [5.41, 5.74) is 3.15. The van der Waals surface area contributed by atoms with Gasteiger partial charge in [-0.1, -0.05) is 18.6 Å². The number of furan rings is 1. The van der Waals surface area contributed by atoms with Crippen LogP contribution in [0.15, 0.2) is 45.8 Å². The van der Waals surface area contributed by atoms with Gasteiger partial charge < -0.3 is 14.1 Å². The largest absolute Gasteiger partial charge is 0.468 e. The normalized spacial score (nSPS) is 17.2. The Morgan fingerprint density at radius 3 is 2.81 bits per heavy atom. The van der Waals surface area contributed by atoms with E-state index in [1.807, 2.05) is 29.8 Å². The van der Waals surface area contributed by atoms with Crippen molar-refractivity contribution in [1.82, 2.24) is 30.1 Å². The number of hydrogen-bond acceptors (Lipinski definition) is 7. The molecule has 1 saturated heterocycles. The Bertz CT molecular complexity index is 1420. The van der Waals surface area contributed by atoms with Crippen molar-refractivity contribution in [2.24, 2.45) is 0 Å². The summed E-state index contributed by atoms with van der Waals surface area (Å²) in [6, 6.07) is 9.52. The molecule has 0 spiro atoms.